The summed E-state index contributed by atoms with van der Waals surface area (Å²) in [6.07, 6.45) is 4.48. The van der Waals surface area contributed by atoms with E-state index in [1.165, 1.54) is 18.4 Å². The lowest BCUT2D eigenvalue weighted by molar-refractivity contribution is -0.135. The van der Waals surface area contributed by atoms with E-state index in [1.807, 2.05) is 0 Å². The Balaban J connectivity index is 1.33. The second-order valence-corrected chi connectivity index (χ2v) is 7.38. The monoisotopic (exact) mass is 298 g/mol. The number of benzene rings is 1. The number of fused-ring (bicyclic) bond motifs is 1. The van der Waals surface area contributed by atoms with Crippen molar-refractivity contribution in [2.45, 2.75) is 31.6 Å². The van der Waals surface area contributed by atoms with Crippen LogP contribution >= 0.6 is 0 Å². The molecule has 1 amide bonds. The summed E-state index contributed by atoms with van der Waals surface area (Å²) in [5, 5.41) is 3.45. The average Bonchev–Trinajstić information content (AvgIpc) is 3.17. The molecule has 0 bridgehead atoms. The first-order valence-electron chi connectivity index (χ1n) is 8.85. The summed E-state index contributed by atoms with van der Waals surface area (Å²) in [7, 11) is 0. The van der Waals surface area contributed by atoms with Crippen LogP contribution in [-0.4, -0.2) is 37.0 Å². The molecule has 118 valence electrons. The van der Waals surface area contributed by atoms with Crippen LogP contribution in [0, 0.1) is 17.8 Å². The highest BCUT2D eigenvalue weighted by Crippen LogP contribution is 2.37. The molecule has 0 spiro atoms. The molecule has 22 heavy (non-hydrogen) atoms. The Hall–Kier alpha value is -1.35. The molecule has 3 aliphatic rings. The van der Waals surface area contributed by atoms with Crippen molar-refractivity contribution in [1.29, 1.82) is 0 Å². The minimum Gasteiger partial charge on any atom is -0.342 e. The number of hydrogen-bond acceptors (Lipinski definition) is 2. The summed E-state index contributed by atoms with van der Waals surface area (Å²) < 4.78 is 0. The van der Waals surface area contributed by atoms with E-state index in [1.54, 1.807) is 0 Å². The van der Waals surface area contributed by atoms with Gasteiger partial charge in [0, 0.05) is 32.1 Å². The average molecular weight is 298 g/mol. The summed E-state index contributed by atoms with van der Waals surface area (Å²) in [6, 6.07) is 10.8. The Bertz CT molecular complexity index is 509. The van der Waals surface area contributed by atoms with Crippen molar-refractivity contribution in [3.05, 3.63) is 35.9 Å². The van der Waals surface area contributed by atoms with E-state index < -0.39 is 0 Å². The van der Waals surface area contributed by atoms with Gasteiger partial charge in [-0.2, -0.15) is 0 Å². The summed E-state index contributed by atoms with van der Waals surface area (Å²) in [6.45, 7) is 4.20. The van der Waals surface area contributed by atoms with Gasteiger partial charge in [0.1, 0.15) is 0 Å². The maximum atomic E-state index is 12.8. The van der Waals surface area contributed by atoms with Gasteiger partial charge in [-0.1, -0.05) is 30.3 Å². The van der Waals surface area contributed by atoms with Gasteiger partial charge in [-0.25, -0.2) is 0 Å². The Morgan fingerprint density at radius 1 is 0.955 bits per heavy atom. The van der Waals surface area contributed by atoms with Crippen molar-refractivity contribution in [2.24, 2.45) is 17.8 Å². The van der Waals surface area contributed by atoms with Crippen LogP contribution in [0.3, 0.4) is 0 Å². The predicted octanol–water partition coefficient (Wildman–Crippen LogP) is 2.64. The molecule has 1 aromatic carbocycles. The van der Waals surface area contributed by atoms with Crippen LogP contribution in [0.25, 0.3) is 0 Å². The Morgan fingerprint density at radius 2 is 1.59 bits per heavy atom. The van der Waals surface area contributed by atoms with Gasteiger partial charge in [-0.15, -0.1) is 0 Å². The van der Waals surface area contributed by atoms with E-state index in [0.29, 0.717) is 23.7 Å². The van der Waals surface area contributed by atoms with Gasteiger partial charge in [0.25, 0.3) is 0 Å². The number of hydrogen-bond donors (Lipinski definition) is 1. The lowest BCUT2D eigenvalue weighted by Gasteiger charge is -2.31. The zero-order valence-corrected chi connectivity index (χ0v) is 13.2. The third-order valence-electron chi connectivity index (χ3n) is 6.05. The second-order valence-electron chi connectivity index (χ2n) is 7.38. The highest BCUT2D eigenvalue weighted by Gasteiger charge is 2.40. The summed E-state index contributed by atoms with van der Waals surface area (Å²) in [4.78, 5) is 15.0. The maximum Gasteiger partial charge on any atom is 0.225 e. The van der Waals surface area contributed by atoms with Crippen molar-refractivity contribution in [1.82, 2.24) is 10.2 Å². The van der Waals surface area contributed by atoms with Crippen LogP contribution in [-0.2, 0) is 4.79 Å². The topological polar surface area (TPSA) is 32.3 Å². The molecule has 2 atom stereocenters. The van der Waals surface area contributed by atoms with Gasteiger partial charge in [-0.3, -0.25) is 4.79 Å². The van der Waals surface area contributed by atoms with Gasteiger partial charge in [0.15, 0.2) is 0 Å². The zero-order chi connectivity index (χ0) is 14.9. The van der Waals surface area contributed by atoms with Crippen LogP contribution < -0.4 is 5.32 Å². The Morgan fingerprint density at radius 3 is 2.23 bits per heavy atom. The summed E-state index contributed by atoms with van der Waals surface area (Å²) in [5.74, 6) is 2.81. The van der Waals surface area contributed by atoms with E-state index in [4.69, 9.17) is 0 Å². The van der Waals surface area contributed by atoms with Crippen LogP contribution in [0.5, 0.6) is 0 Å². The van der Waals surface area contributed by atoms with Gasteiger partial charge in [-0.05, 0) is 49.0 Å². The quantitative estimate of drug-likeness (QED) is 0.910. The van der Waals surface area contributed by atoms with Gasteiger partial charge >= 0.3 is 0 Å². The molecule has 3 fully saturated rings. The molecular weight excluding hydrogens is 272 g/mol. The molecule has 1 aromatic rings. The number of nitrogens with zero attached hydrogens (tertiary/aromatic N) is 1. The molecule has 3 nitrogen and oxygen atoms in total. The van der Waals surface area contributed by atoms with Crippen molar-refractivity contribution in [2.75, 3.05) is 26.2 Å². The van der Waals surface area contributed by atoms with E-state index >= 15 is 0 Å². The minimum absolute atomic E-state index is 0.284. The standard InChI is InChI=1S/C19H26N2O/c22-19(21-12-17-10-20-11-18(17)13-21)16-8-6-15(7-9-16)14-4-2-1-3-5-14/h1-5,15-18,20H,6-13H2/t15?,16?,17-,18+. The highest BCUT2D eigenvalue weighted by molar-refractivity contribution is 5.79. The molecule has 1 aliphatic carbocycles. The number of rotatable bonds is 2. The highest BCUT2D eigenvalue weighted by atomic mass is 16.2. The minimum atomic E-state index is 0.284. The molecule has 3 heteroatoms. The van der Waals surface area contributed by atoms with Crippen LogP contribution in [0.1, 0.15) is 37.2 Å². The first-order chi connectivity index (χ1) is 10.8. The van der Waals surface area contributed by atoms with Crippen LogP contribution in [0.4, 0.5) is 0 Å². The lowest BCUT2D eigenvalue weighted by atomic mass is 9.78. The number of carbonyl (C=O) groups is 1. The van der Waals surface area contributed by atoms with E-state index in [0.717, 1.165) is 39.0 Å². The first-order valence-corrected chi connectivity index (χ1v) is 8.85. The molecule has 2 aliphatic heterocycles. The smallest absolute Gasteiger partial charge is 0.225 e. The third kappa shape index (κ3) is 2.67. The molecule has 0 unspecified atom stereocenters. The fraction of sp³-hybridized carbons (Fsp3) is 0.632. The lowest BCUT2D eigenvalue weighted by Crippen LogP contribution is -2.37. The molecule has 0 aromatic heterocycles. The van der Waals surface area contributed by atoms with E-state index in [2.05, 4.69) is 40.5 Å². The fourth-order valence-electron chi connectivity index (χ4n) is 4.69. The Kier molecular flexibility index (Phi) is 3.91. The first kappa shape index (κ1) is 14.3. The second kappa shape index (κ2) is 6.04. The molecular formula is C19H26N2O. The molecule has 2 heterocycles. The summed E-state index contributed by atoms with van der Waals surface area (Å²) in [5.41, 5.74) is 1.45. The molecule has 4 rings (SSSR count). The van der Waals surface area contributed by atoms with E-state index in [9.17, 15) is 4.79 Å². The largest absolute Gasteiger partial charge is 0.342 e. The zero-order valence-electron chi connectivity index (χ0n) is 13.2. The third-order valence-corrected chi connectivity index (χ3v) is 6.05. The molecule has 1 saturated carbocycles. The number of likely N-dealkylation sites (tertiary alicyclic amines) is 1. The van der Waals surface area contributed by atoms with Gasteiger partial charge < -0.3 is 10.2 Å². The number of carbonyl (C=O) groups excluding carboxylic acids is 1. The fourth-order valence-corrected chi connectivity index (χ4v) is 4.69. The number of nitrogens with one attached hydrogen (secondary N) is 1. The van der Waals surface area contributed by atoms with Crippen LogP contribution in [0.15, 0.2) is 30.3 Å². The SMILES string of the molecule is O=C(C1CCC(c2ccccc2)CC1)N1C[C@H]2CNC[C@H]2C1. The normalized spacial score (nSPS) is 34.6. The maximum absolute atomic E-state index is 12.8. The molecule has 1 N–H and O–H groups in total. The number of amides is 1. The predicted molar refractivity (Wildman–Crippen MR) is 87.6 cm³/mol. The molecule has 0 radical (unpaired) electrons. The Labute approximate surface area is 133 Å². The van der Waals surface area contributed by atoms with Gasteiger partial charge in [0.05, 0.1) is 0 Å². The van der Waals surface area contributed by atoms with Crippen molar-refractivity contribution in [3.63, 3.8) is 0 Å². The van der Waals surface area contributed by atoms with E-state index in [-0.39, 0.29) is 5.92 Å². The van der Waals surface area contributed by atoms with Crippen LogP contribution in [0.2, 0.25) is 0 Å². The molecule has 2 saturated heterocycles. The van der Waals surface area contributed by atoms with Crippen molar-refractivity contribution >= 4 is 5.91 Å². The van der Waals surface area contributed by atoms with Crippen molar-refractivity contribution < 1.29 is 4.79 Å². The summed E-state index contributed by atoms with van der Waals surface area (Å²) >= 11 is 0. The van der Waals surface area contributed by atoms with Crippen molar-refractivity contribution in [3.8, 4) is 0 Å². The van der Waals surface area contributed by atoms with Gasteiger partial charge in [0.2, 0.25) is 5.91 Å².